The summed E-state index contributed by atoms with van der Waals surface area (Å²) in [6.07, 6.45) is 1.93. The molecule has 70 valence electrons. The van der Waals surface area contributed by atoms with Crippen LogP contribution in [-0.4, -0.2) is 35.2 Å². The highest BCUT2D eigenvalue weighted by molar-refractivity contribution is 5.00. The fourth-order valence-electron chi connectivity index (χ4n) is 3.10. The summed E-state index contributed by atoms with van der Waals surface area (Å²) in [5.41, 5.74) is 0. The van der Waals surface area contributed by atoms with Crippen LogP contribution in [0.1, 0.15) is 26.7 Å². The summed E-state index contributed by atoms with van der Waals surface area (Å²) < 4.78 is 0. The molecule has 4 atom stereocenters. The molecule has 4 unspecified atom stereocenters. The second-order valence-corrected chi connectivity index (χ2v) is 4.64. The van der Waals surface area contributed by atoms with E-state index in [4.69, 9.17) is 0 Å². The molecule has 1 N–H and O–H groups in total. The van der Waals surface area contributed by atoms with Crippen molar-refractivity contribution in [3.05, 3.63) is 0 Å². The van der Waals surface area contributed by atoms with Gasteiger partial charge in [-0.25, -0.2) is 0 Å². The van der Waals surface area contributed by atoms with Gasteiger partial charge in [0, 0.05) is 12.1 Å². The zero-order chi connectivity index (χ0) is 8.88. The number of fused-ring (bicyclic) bond motifs is 2. The molecule has 2 fully saturated rings. The third kappa shape index (κ3) is 1.01. The number of aliphatic hydroxyl groups excluding tert-OH is 1. The average Bonchev–Trinajstić information content (AvgIpc) is 2.21. The molecule has 0 saturated carbocycles. The van der Waals surface area contributed by atoms with Gasteiger partial charge >= 0.3 is 0 Å². The lowest BCUT2D eigenvalue weighted by Gasteiger charge is -2.35. The summed E-state index contributed by atoms with van der Waals surface area (Å²) in [5, 5.41) is 9.62. The molecule has 2 nitrogen and oxygen atoms in total. The normalized spacial score (nSPS) is 54.5. The molecule has 0 aliphatic carbocycles. The molecule has 0 radical (unpaired) electrons. The molecular formula is C10H19NO. The molecule has 2 heteroatoms. The van der Waals surface area contributed by atoms with Gasteiger partial charge in [0.15, 0.2) is 0 Å². The quantitative estimate of drug-likeness (QED) is 0.587. The Morgan fingerprint density at radius 2 is 1.50 bits per heavy atom. The van der Waals surface area contributed by atoms with Crippen LogP contribution < -0.4 is 0 Å². The van der Waals surface area contributed by atoms with Crippen molar-refractivity contribution in [2.75, 3.05) is 7.05 Å². The summed E-state index contributed by atoms with van der Waals surface area (Å²) in [4.78, 5) is 2.47. The van der Waals surface area contributed by atoms with Gasteiger partial charge in [0.2, 0.25) is 0 Å². The van der Waals surface area contributed by atoms with E-state index in [0.29, 0.717) is 12.1 Å². The Hall–Kier alpha value is -0.0800. The first kappa shape index (κ1) is 8.52. The Balaban J connectivity index is 2.21. The Morgan fingerprint density at radius 3 is 1.92 bits per heavy atom. The van der Waals surface area contributed by atoms with Crippen LogP contribution in [0.15, 0.2) is 0 Å². The number of nitrogens with zero attached hydrogens (tertiary/aromatic N) is 1. The highest BCUT2D eigenvalue weighted by Crippen LogP contribution is 2.42. The van der Waals surface area contributed by atoms with Crippen molar-refractivity contribution >= 4 is 0 Å². The van der Waals surface area contributed by atoms with E-state index < -0.39 is 0 Å². The van der Waals surface area contributed by atoms with Gasteiger partial charge in [0.05, 0.1) is 6.10 Å². The fraction of sp³-hybridized carbons (Fsp3) is 1.00. The van der Waals surface area contributed by atoms with Crippen LogP contribution in [0, 0.1) is 11.8 Å². The molecule has 2 rings (SSSR count). The predicted octanol–water partition coefficient (Wildman–Crippen LogP) is 1.10. The van der Waals surface area contributed by atoms with Crippen LogP contribution in [0.4, 0.5) is 0 Å². The smallest absolute Gasteiger partial charge is 0.0570 e. The molecule has 0 aromatic carbocycles. The molecule has 2 saturated heterocycles. The van der Waals surface area contributed by atoms with Crippen molar-refractivity contribution in [2.24, 2.45) is 11.8 Å². The van der Waals surface area contributed by atoms with E-state index in [1.165, 1.54) is 0 Å². The van der Waals surface area contributed by atoms with Gasteiger partial charge in [0.25, 0.3) is 0 Å². The lowest BCUT2D eigenvalue weighted by Crippen LogP contribution is -2.43. The van der Waals surface area contributed by atoms with Crippen LogP contribution in [0.25, 0.3) is 0 Å². The van der Waals surface area contributed by atoms with Gasteiger partial charge in [-0.2, -0.15) is 0 Å². The minimum absolute atomic E-state index is 0.0383. The Kier molecular flexibility index (Phi) is 1.92. The van der Waals surface area contributed by atoms with Crippen molar-refractivity contribution in [1.82, 2.24) is 4.90 Å². The number of aliphatic hydroxyl groups is 1. The van der Waals surface area contributed by atoms with Crippen molar-refractivity contribution < 1.29 is 5.11 Å². The van der Waals surface area contributed by atoms with E-state index in [9.17, 15) is 5.11 Å². The van der Waals surface area contributed by atoms with E-state index in [-0.39, 0.29) is 6.10 Å². The standard InChI is InChI=1S/C10H19NO/c1-6-7(2)10-5-8(12)4-9(6)11(10)3/h6-10,12H,4-5H2,1-3H3. The first-order chi connectivity index (χ1) is 5.61. The molecule has 0 amide bonds. The van der Waals surface area contributed by atoms with E-state index in [1.54, 1.807) is 0 Å². The number of hydrogen-bond acceptors (Lipinski definition) is 2. The monoisotopic (exact) mass is 169 g/mol. The minimum Gasteiger partial charge on any atom is -0.393 e. The van der Waals surface area contributed by atoms with E-state index in [0.717, 1.165) is 24.7 Å². The fourth-order valence-corrected chi connectivity index (χ4v) is 3.10. The molecule has 2 aliphatic heterocycles. The molecular weight excluding hydrogens is 150 g/mol. The molecule has 2 heterocycles. The van der Waals surface area contributed by atoms with Gasteiger partial charge in [0.1, 0.15) is 0 Å². The van der Waals surface area contributed by atoms with Crippen molar-refractivity contribution in [1.29, 1.82) is 0 Å². The summed E-state index contributed by atoms with van der Waals surface area (Å²) in [7, 11) is 2.21. The van der Waals surface area contributed by atoms with Crippen LogP contribution in [0.5, 0.6) is 0 Å². The highest BCUT2D eigenvalue weighted by Gasteiger charge is 2.46. The van der Waals surface area contributed by atoms with Crippen LogP contribution >= 0.6 is 0 Å². The molecule has 0 spiro atoms. The Bertz CT molecular complexity index is 157. The third-order valence-electron chi connectivity index (χ3n) is 4.12. The summed E-state index contributed by atoms with van der Waals surface area (Å²) in [5.74, 6) is 1.52. The van der Waals surface area contributed by atoms with Gasteiger partial charge in [-0.3, -0.25) is 4.90 Å². The lowest BCUT2D eigenvalue weighted by molar-refractivity contribution is 0.0422. The average molecular weight is 169 g/mol. The number of rotatable bonds is 0. The van der Waals surface area contributed by atoms with Gasteiger partial charge < -0.3 is 5.11 Å². The molecule has 12 heavy (non-hydrogen) atoms. The highest BCUT2D eigenvalue weighted by atomic mass is 16.3. The predicted molar refractivity (Wildman–Crippen MR) is 48.9 cm³/mol. The first-order valence-electron chi connectivity index (χ1n) is 5.01. The zero-order valence-electron chi connectivity index (χ0n) is 8.20. The molecule has 2 bridgehead atoms. The van der Waals surface area contributed by atoms with Gasteiger partial charge in [-0.05, 0) is 31.7 Å². The maximum atomic E-state index is 9.62. The van der Waals surface area contributed by atoms with Crippen molar-refractivity contribution in [2.45, 2.75) is 44.9 Å². The second-order valence-electron chi connectivity index (χ2n) is 4.64. The topological polar surface area (TPSA) is 23.5 Å². The number of hydrogen-bond donors (Lipinski definition) is 1. The SMILES string of the molecule is CC1C(C)C2CC(O)CC1N2C. The molecule has 0 aromatic heterocycles. The van der Waals surface area contributed by atoms with Crippen molar-refractivity contribution in [3.8, 4) is 0 Å². The second kappa shape index (κ2) is 2.71. The molecule has 2 aliphatic rings. The van der Waals surface area contributed by atoms with E-state index >= 15 is 0 Å². The summed E-state index contributed by atoms with van der Waals surface area (Å²) >= 11 is 0. The van der Waals surface area contributed by atoms with E-state index in [1.807, 2.05) is 0 Å². The maximum absolute atomic E-state index is 9.62. The Morgan fingerprint density at radius 1 is 1.08 bits per heavy atom. The van der Waals surface area contributed by atoms with Crippen LogP contribution in [0.2, 0.25) is 0 Å². The van der Waals surface area contributed by atoms with E-state index in [2.05, 4.69) is 25.8 Å². The maximum Gasteiger partial charge on any atom is 0.0570 e. The molecule has 0 aromatic rings. The Labute approximate surface area is 74.6 Å². The van der Waals surface area contributed by atoms with Gasteiger partial charge in [-0.15, -0.1) is 0 Å². The number of piperidine rings is 1. The van der Waals surface area contributed by atoms with Crippen LogP contribution in [-0.2, 0) is 0 Å². The third-order valence-corrected chi connectivity index (χ3v) is 4.12. The minimum atomic E-state index is -0.0383. The summed E-state index contributed by atoms with van der Waals surface area (Å²) in [6.45, 7) is 4.65. The van der Waals surface area contributed by atoms with Gasteiger partial charge in [-0.1, -0.05) is 13.8 Å². The van der Waals surface area contributed by atoms with Crippen LogP contribution in [0.3, 0.4) is 0 Å². The first-order valence-corrected chi connectivity index (χ1v) is 5.01. The lowest BCUT2D eigenvalue weighted by atomic mass is 9.92. The van der Waals surface area contributed by atoms with Crippen molar-refractivity contribution in [3.63, 3.8) is 0 Å². The zero-order valence-corrected chi connectivity index (χ0v) is 8.20. The summed E-state index contributed by atoms with van der Waals surface area (Å²) in [6, 6.07) is 1.27. The largest absolute Gasteiger partial charge is 0.393 e.